The molecule has 0 atom stereocenters. The molecule has 0 radical (unpaired) electrons. The minimum atomic E-state index is -0.0919. The average Bonchev–Trinajstić information content (AvgIpc) is 2.71. The first-order valence-corrected chi connectivity index (χ1v) is 11.3. The van der Waals surface area contributed by atoms with Crippen LogP contribution in [-0.4, -0.2) is 5.78 Å². The zero-order valence-corrected chi connectivity index (χ0v) is 20.7. The van der Waals surface area contributed by atoms with E-state index in [1.807, 2.05) is 18.2 Å². The Morgan fingerprint density at radius 1 is 0.812 bits per heavy atom. The Morgan fingerprint density at radius 2 is 1.31 bits per heavy atom. The van der Waals surface area contributed by atoms with Crippen LogP contribution in [0, 0.1) is 0 Å². The van der Waals surface area contributed by atoms with E-state index in [2.05, 4.69) is 85.5 Å². The number of allylic oxidation sites excluding steroid dienone is 5. The van der Waals surface area contributed by atoms with Gasteiger partial charge in [-0.15, -0.1) is 0 Å². The molecule has 0 N–H and O–H groups in total. The molecular formula is C31H38O. The molecule has 0 saturated heterocycles. The molecule has 0 spiro atoms. The van der Waals surface area contributed by atoms with Crippen LogP contribution in [0.1, 0.15) is 69.4 Å². The van der Waals surface area contributed by atoms with Gasteiger partial charge in [0.2, 0.25) is 0 Å². The molecule has 0 aliphatic rings. The molecule has 2 aromatic carbocycles. The lowest BCUT2D eigenvalue weighted by Crippen LogP contribution is -2.23. The van der Waals surface area contributed by atoms with E-state index in [0.717, 1.165) is 16.7 Å². The quantitative estimate of drug-likeness (QED) is 0.309. The van der Waals surface area contributed by atoms with Gasteiger partial charge >= 0.3 is 0 Å². The lowest BCUT2D eigenvalue weighted by Gasteiger charge is -2.31. The van der Waals surface area contributed by atoms with Crippen LogP contribution in [0.15, 0.2) is 86.0 Å². The number of benzene rings is 2. The molecule has 0 saturated carbocycles. The van der Waals surface area contributed by atoms with Crippen LogP contribution in [0.3, 0.4) is 0 Å². The molecule has 0 unspecified atom stereocenters. The van der Waals surface area contributed by atoms with Crippen LogP contribution in [0.5, 0.6) is 0 Å². The van der Waals surface area contributed by atoms with Gasteiger partial charge in [0, 0.05) is 12.0 Å². The fourth-order valence-electron chi connectivity index (χ4n) is 4.16. The Hall–Kier alpha value is -2.93. The first kappa shape index (κ1) is 25.3. The van der Waals surface area contributed by atoms with Gasteiger partial charge in [0.1, 0.15) is 0 Å². The van der Waals surface area contributed by atoms with Gasteiger partial charge in [-0.3, -0.25) is 4.79 Å². The lowest BCUT2D eigenvalue weighted by molar-refractivity contribution is -0.114. The fraction of sp³-hybridized carbons (Fsp3) is 0.323. The van der Waals surface area contributed by atoms with E-state index in [1.54, 1.807) is 18.2 Å². The summed E-state index contributed by atoms with van der Waals surface area (Å²) in [4.78, 5) is 13.3. The highest BCUT2D eigenvalue weighted by atomic mass is 16.1. The average molecular weight is 427 g/mol. The Morgan fingerprint density at radius 3 is 1.75 bits per heavy atom. The standard InChI is InChI=1S/C31H38O/c1-10-15-23(11-2)29(32)21-26-25(20-22(3)24-16-13-12-14-17-24)27(30(4,5)6)18-19-28(26)31(7,8)9/h10-19H,1-3,20-21H2,4-9H3/b23-15+. The summed E-state index contributed by atoms with van der Waals surface area (Å²) in [6, 6.07) is 14.7. The number of carbonyl (C=O) groups excluding carboxylic acids is 1. The zero-order valence-electron chi connectivity index (χ0n) is 20.7. The van der Waals surface area contributed by atoms with Crippen molar-refractivity contribution in [2.45, 2.75) is 65.2 Å². The molecule has 0 bridgehead atoms. The molecule has 0 heterocycles. The van der Waals surface area contributed by atoms with Crippen LogP contribution in [0.4, 0.5) is 0 Å². The monoisotopic (exact) mass is 426 g/mol. The van der Waals surface area contributed by atoms with E-state index in [9.17, 15) is 4.79 Å². The van der Waals surface area contributed by atoms with Crippen molar-refractivity contribution in [2.75, 3.05) is 0 Å². The van der Waals surface area contributed by atoms with Crippen LogP contribution >= 0.6 is 0 Å². The molecule has 1 nitrogen and oxygen atoms in total. The SMILES string of the molecule is C=C/C=C(\C=C)C(=O)Cc1c(C(C)(C)C)ccc(C(C)(C)C)c1CC(=C)c1ccccc1. The third-order valence-corrected chi connectivity index (χ3v) is 5.80. The van der Waals surface area contributed by atoms with Gasteiger partial charge in [-0.2, -0.15) is 0 Å². The van der Waals surface area contributed by atoms with E-state index >= 15 is 0 Å². The number of hydrogen-bond donors (Lipinski definition) is 0. The highest BCUT2D eigenvalue weighted by Crippen LogP contribution is 2.37. The summed E-state index contributed by atoms with van der Waals surface area (Å²) in [5.74, 6) is 0.0584. The zero-order chi connectivity index (χ0) is 24.1. The molecule has 2 rings (SSSR count). The summed E-state index contributed by atoms with van der Waals surface area (Å²) in [5, 5.41) is 0. The van der Waals surface area contributed by atoms with E-state index in [0.29, 0.717) is 18.4 Å². The van der Waals surface area contributed by atoms with Gasteiger partial charge in [-0.1, -0.05) is 122 Å². The predicted octanol–water partition coefficient (Wildman–Crippen LogP) is 7.95. The number of rotatable bonds is 8. The van der Waals surface area contributed by atoms with Crippen molar-refractivity contribution in [3.8, 4) is 0 Å². The summed E-state index contributed by atoms with van der Waals surface area (Å²) in [7, 11) is 0. The van der Waals surface area contributed by atoms with E-state index < -0.39 is 0 Å². The molecule has 1 heteroatoms. The third-order valence-electron chi connectivity index (χ3n) is 5.80. The minimum Gasteiger partial charge on any atom is -0.294 e. The summed E-state index contributed by atoms with van der Waals surface area (Å²) in [6.45, 7) is 25.3. The van der Waals surface area contributed by atoms with Gasteiger partial charge in [-0.05, 0) is 50.6 Å². The Balaban J connectivity index is 2.74. The molecule has 168 valence electrons. The van der Waals surface area contributed by atoms with Crippen molar-refractivity contribution in [2.24, 2.45) is 0 Å². The second kappa shape index (κ2) is 10.1. The second-order valence-electron chi connectivity index (χ2n) is 10.4. The van der Waals surface area contributed by atoms with E-state index in [4.69, 9.17) is 0 Å². The summed E-state index contributed by atoms with van der Waals surface area (Å²) in [6.07, 6.45) is 6.04. The summed E-state index contributed by atoms with van der Waals surface area (Å²) < 4.78 is 0. The molecule has 0 aliphatic heterocycles. The van der Waals surface area contributed by atoms with Crippen molar-refractivity contribution < 1.29 is 4.79 Å². The fourth-order valence-corrected chi connectivity index (χ4v) is 4.16. The molecule has 0 aliphatic carbocycles. The van der Waals surface area contributed by atoms with Crippen molar-refractivity contribution >= 4 is 11.4 Å². The first-order chi connectivity index (χ1) is 14.9. The van der Waals surface area contributed by atoms with Gasteiger partial charge < -0.3 is 0 Å². The topological polar surface area (TPSA) is 17.1 Å². The third kappa shape index (κ3) is 6.07. The Kier molecular flexibility index (Phi) is 8.02. The van der Waals surface area contributed by atoms with Gasteiger partial charge in [0.05, 0.1) is 0 Å². The molecule has 0 fully saturated rings. The van der Waals surface area contributed by atoms with Crippen molar-refractivity contribution in [1.29, 1.82) is 0 Å². The molecule has 0 amide bonds. The van der Waals surface area contributed by atoms with Crippen molar-refractivity contribution in [3.05, 3.63) is 114 Å². The smallest absolute Gasteiger partial charge is 0.167 e. The number of Topliss-reactive ketones (excluding diaryl/α,β-unsaturated/α-hetero) is 1. The van der Waals surface area contributed by atoms with Crippen LogP contribution < -0.4 is 0 Å². The molecule has 32 heavy (non-hydrogen) atoms. The van der Waals surface area contributed by atoms with Crippen LogP contribution in [0.25, 0.3) is 5.57 Å². The van der Waals surface area contributed by atoms with E-state index in [-0.39, 0.29) is 16.6 Å². The van der Waals surface area contributed by atoms with Gasteiger partial charge in [-0.25, -0.2) is 0 Å². The number of carbonyl (C=O) groups is 1. The predicted molar refractivity (Wildman–Crippen MR) is 140 cm³/mol. The lowest BCUT2D eigenvalue weighted by atomic mass is 9.73. The van der Waals surface area contributed by atoms with Gasteiger partial charge in [0.25, 0.3) is 0 Å². The number of ketones is 1. The van der Waals surface area contributed by atoms with Crippen molar-refractivity contribution in [3.63, 3.8) is 0 Å². The van der Waals surface area contributed by atoms with Crippen LogP contribution in [0.2, 0.25) is 0 Å². The molecule has 2 aromatic rings. The normalized spacial score (nSPS) is 12.4. The second-order valence-corrected chi connectivity index (χ2v) is 10.4. The van der Waals surface area contributed by atoms with Crippen LogP contribution in [-0.2, 0) is 28.5 Å². The Labute approximate surface area is 195 Å². The van der Waals surface area contributed by atoms with Crippen molar-refractivity contribution in [1.82, 2.24) is 0 Å². The van der Waals surface area contributed by atoms with Gasteiger partial charge in [0.15, 0.2) is 5.78 Å². The summed E-state index contributed by atoms with van der Waals surface area (Å²) >= 11 is 0. The maximum Gasteiger partial charge on any atom is 0.167 e. The maximum absolute atomic E-state index is 13.3. The minimum absolute atomic E-state index is 0.0568. The number of hydrogen-bond acceptors (Lipinski definition) is 1. The highest BCUT2D eigenvalue weighted by Gasteiger charge is 2.28. The largest absolute Gasteiger partial charge is 0.294 e. The summed E-state index contributed by atoms with van der Waals surface area (Å²) in [5.41, 5.74) is 7.43. The Bertz CT molecular complexity index is 1030. The van der Waals surface area contributed by atoms with E-state index in [1.165, 1.54) is 16.7 Å². The maximum atomic E-state index is 13.3. The first-order valence-electron chi connectivity index (χ1n) is 11.3. The molecule has 0 aromatic heterocycles. The highest BCUT2D eigenvalue weighted by molar-refractivity contribution is 6.00. The molecular weight excluding hydrogens is 388 g/mol.